The number of carbonyl (C=O) groups is 1. The Morgan fingerprint density at radius 1 is 1.29 bits per heavy atom. The van der Waals surface area contributed by atoms with Crippen LogP contribution < -0.4 is 10.2 Å². The predicted octanol–water partition coefficient (Wildman–Crippen LogP) is 2.47. The van der Waals surface area contributed by atoms with Gasteiger partial charge in [-0.2, -0.15) is 5.10 Å². The molecule has 1 aromatic carbocycles. The first-order valence-electron chi connectivity index (χ1n) is 8.14. The van der Waals surface area contributed by atoms with Crippen molar-refractivity contribution >= 4 is 28.9 Å². The van der Waals surface area contributed by atoms with E-state index in [1.54, 1.807) is 16.8 Å². The van der Waals surface area contributed by atoms with Gasteiger partial charge in [0.1, 0.15) is 0 Å². The van der Waals surface area contributed by atoms with Crippen molar-refractivity contribution in [2.75, 3.05) is 42.9 Å². The third-order valence-corrected chi connectivity index (χ3v) is 4.44. The van der Waals surface area contributed by atoms with Crippen molar-refractivity contribution in [2.24, 2.45) is 7.05 Å². The maximum atomic E-state index is 12.9. The van der Waals surface area contributed by atoms with E-state index < -0.39 is 0 Å². The van der Waals surface area contributed by atoms with Crippen molar-refractivity contribution in [2.45, 2.75) is 6.92 Å². The smallest absolute Gasteiger partial charge is 0.256 e. The molecule has 1 N–H and O–H groups in total. The van der Waals surface area contributed by atoms with Crippen LogP contribution in [0.1, 0.15) is 17.3 Å². The zero-order chi connectivity index (χ0) is 17.1. The Kier molecular flexibility index (Phi) is 4.94. The van der Waals surface area contributed by atoms with Crippen LogP contribution >= 0.6 is 11.6 Å². The zero-order valence-electron chi connectivity index (χ0n) is 14.0. The summed E-state index contributed by atoms with van der Waals surface area (Å²) in [5, 5.41) is 8.02. The summed E-state index contributed by atoms with van der Waals surface area (Å²) < 4.78 is 1.79. The number of nitrogens with one attached hydrogen (secondary N) is 1. The van der Waals surface area contributed by atoms with Gasteiger partial charge < -0.3 is 15.1 Å². The summed E-state index contributed by atoms with van der Waals surface area (Å²) in [6, 6.07) is 5.41. The van der Waals surface area contributed by atoms with Crippen LogP contribution in [0.5, 0.6) is 0 Å². The lowest BCUT2D eigenvalue weighted by Crippen LogP contribution is -2.48. The summed E-state index contributed by atoms with van der Waals surface area (Å²) in [7, 11) is 1.91. The molecule has 0 spiro atoms. The number of hydrogen-bond donors (Lipinski definition) is 1. The van der Waals surface area contributed by atoms with Crippen LogP contribution in [0, 0.1) is 0 Å². The van der Waals surface area contributed by atoms with Crippen LogP contribution in [0.25, 0.3) is 0 Å². The Balaban J connectivity index is 1.70. The fourth-order valence-corrected chi connectivity index (χ4v) is 3.12. The van der Waals surface area contributed by atoms with Gasteiger partial charge in [0.15, 0.2) is 0 Å². The lowest BCUT2D eigenvalue weighted by molar-refractivity contribution is 0.0747. The predicted molar refractivity (Wildman–Crippen MR) is 96.9 cm³/mol. The molecule has 3 rings (SSSR count). The van der Waals surface area contributed by atoms with Crippen molar-refractivity contribution < 1.29 is 4.79 Å². The zero-order valence-corrected chi connectivity index (χ0v) is 14.8. The Hall–Kier alpha value is -2.21. The normalized spacial score (nSPS) is 14.8. The van der Waals surface area contributed by atoms with E-state index >= 15 is 0 Å². The van der Waals surface area contributed by atoms with Gasteiger partial charge >= 0.3 is 0 Å². The minimum Gasteiger partial charge on any atom is -0.385 e. The molecule has 2 aromatic rings. The minimum atomic E-state index is 0.0271. The number of rotatable bonds is 4. The first-order chi connectivity index (χ1) is 11.6. The number of nitrogens with zero attached hydrogens (tertiary/aromatic N) is 4. The molecule has 24 heavy (non-hydrogen) atoms. The van der Waals surface area contributed by atoms with E-state index in [2.05, 4.69) is 15.3 Å². The second kappa shape index (κ2) is 7.13. The van der Waals surface area contributed by atoms with E-state index in [0.717, 1.165) is 31.0 Å². The fourth-order valence-electron chi connectivity index (χ4n) is 2.95. The molecule has 0 bridgehead atoms. The summed E-state index contributed by atoms with van der Waals surface area (Å²) in [5.41, 5.74) is 2.57. The second-order valence-electron chi connectivity index (χ2n) is 5.87. The van der Waals surface area contributed by atoms with Crippen LogP contribution in [0.3, 0.4) is 0 Å². The molecular formula is C17H22ClN5O. The molecule has 1 amide bonds. The van der Waals surface area contributed by atoms with E-state index in [4.69, 9.17) is 11.6 Å². The highest BCUT2D eigenvalue weighted by Crippen LogP contribution is 2.23. The van der Waals surface area contributed by atoms with Gasteiger partial charge in [-0.1, -0.05) is 11.6 Å². The van der Waals surface area contributed by atoms with Gasteiger partial charge in [-0.3, -0.25) is 9.48 Å². The van der Waals surface area contributed by atoms with Gasteiger partial charge in [0.2, 0.25) is 0 Å². The van der Waals surface area contributed by atoms with Crippen molar-refractivity contribution in [1.29, 1.82) is 0 Å². The third-order valence-electron chi connectivity index (χ3n) is 4.20. The van der Waals surface area contributed by atoms with Crippen LogP contribution in [0.4, 0.5) is 11.4 Å². The minimum absolute atomic E-state index is 0.0271. The Labute approximate surface area is 147 Å². The van der Waals surface area contributed by atoms with E-state index in [1.807, 2.05) is 37.3 Å². The molecule has 1 fully saturated rings. The third kappa shape index (κ3) is 3.48. The number of halogens is 1. The number of amides is 1. The van der Waals surface area contributed by atoms with Crippen LogP contribution in [-0.4, -0.2) is 53.3 Å². The fraction of sp³-hybridized carbons (Fsp3) is 0.412. The molecule has 0 aliphatic carbocycles. The molecule has 6 nitrogen and oxygen atoms in total. The molecule has 128 valence electrons. The summed E-state index contributed by atoms with van der Waals surface area (Å²) in [4.78, 5) is 17.0. The lowest BCUT2D eigenvalue weighted by atomic mass is 10.1. The summed E-state index contributed by atoms with van der Waals surface area (Å²) >= 11 is 6.09. The quantitative estimate of drug-likeness (QED) is 0.923. The monoisotopic (exact) mass is 347 g/mol. The molecule has 0 radical (unpaired) electrons. The van der Waals surface area contributed by atoms with Gasteiger partial charge in [-0.15, -0.1) is 0 Å². The van der Waals surface area contributed by atoms with Gasteiger partial charge in [-0.05, 0) is 25.1 Å². The number of carbonyl (C=O) groups excluding carboxylic acids is 1. The maximum Gasteiger partial charge on any atom is 0.256 e. The van der Waals surface area contributed by atoms with E-state index in [0.29, 0.717) is 23.7 Å². The molecule has 0 atom stereocenters. The molecule has 7 heteroatoms. The van der Waals surface area contributed by atoms with Crippen molar-refractivity contribution in [3.63, 3.8) is 0 Å². The van der Waals surface area contributed by atoms with Gasteiger partial charge in [0.05, 0.1) is 17.4 Å². The molecule has 1 aliphatic rings. The van der Waals surface area contributed by atoms with Crippen molar-refractivity contribution in [1.82, 2.24) is 14.7 Å². The van der Waals surface area contributed by atoms with Crippen LogP contribution in [0.2, 0.25) is 5.02 Å². The standard InChI is InChI=1S/C17H22ClN5O/c1-3-19-16-5-4-13(18)10-15(16)17(24)23-8-6-22(7-9-23)14-11-20-21(2)12-14/h4-5,10-12,19H,3,6-9H2,1-2H3. The topological polar surface area (TPSA) is 53.4 Å². The number of hydrogen-bond acceptors (Lipinski definition) is 4. The largest absolute Gasteiger partial charge is 0.385 e. The SMILES string of the molecule is CCNc1ccc(Cl)cc1C(=O)N1CCN(c2cnn(C)c2)CC1. The number of anilines is 2. The van der Waals surface area contributed by atoms with E-state index in [1.165, 1.54) is 0 Å². The van der Waals surface area contributed by atoms with Crippen molar-refractivity contribution in [3.05, 3.63) is 41.2 Å². The van der Waals surface area contributed by atoms with E-state index in [-0.39, 0.29) is 5.91 Å². The average molecular weight is 348 g/mol. The number of aryl methyl sites for hydroxylation is 1. The first kappa shape index (κ1) is 16.6. The molecule has 1 aromatic heterocycles. The number of piperazine rings is 1. The number of benzene rings is 1. The highest BCUT2D eigenvalue weighted by molar-refractivity contribution is 6.31. The maximum absolute atomic E-state index is 12.9. The Morgan fingerprint density at radius 2 is 2.04 bits per heavy atom. The Morgan fingerprint density at radius 3 is 2.67 bits per heavy atom. The van der Waals surface area contributed by atoms with Crippen LogP contribution in [-0.2, 0) is 7.05 Å². The molecule has 1 saturated heterocycles. The molecule has 0 saturated carbocycles. The molecule has 1 aliphatic heterocycles. The number of aromatic nitrogens is 2. The second-order valence-corrected chi connectivity index (χ2v) is 6.31. The molecule has 0 unspecified atom stereocenters. The Bertz CT molecular complexity index is 722. The highest BCUT2D eigenvalue weighted by Gasteiger charge is 2.24. The highest BCUT2D eigenvalue weighted by atomic mass is 35.5. The first-order valence-corrected chi connectivity index (χ1v) is 8.52. The van der Waals surface area contributed by atoms with Gasteiger partial charge in [-0.25, -0.2) is 0 Å². The lowest BCUT2D eigenvalue weighted by Gasteiger charge is -2.35. The molecular weight excluding hydrogens is 326 g/mol. The van der Waals surface area contributed by atoms with Gasteiger partial charge in [0, 0.05) is 56.7 Å². The summed E-state index contributed by atoms with van der Waals surface area (Å²) in [5.74, 6) is 0.0271. The van der Waals surface area contributed by atoms with E-state index in [9.17, 15) is 4.79 Å². The van der Waals surface area contributed by atoms with Crippen LogP contribution in [0.15, 0.2) is 30.6 Å². The van der Waals surface area contributed by atoms with Crippen molar-refractivity contribution in [3.8, 4) is 0 Å². The average Bonchev–Trinajstić information content (AvgIpc) is 3.03. The summed E-state index contributed by atoms with van der Waals surface area (Å²) in [6.45, 7) is 5.74. The summed E-state index contributed by atoms with van der Waals surface area (Å²) in [6.07, 6.45) is 3.86. The van der Waals surface area contributed by atoms with Gasteiger partial charge in [0.25, 0.3) is 5.91 Å². The molecule has 2 heterocycles.